The number of hydrogen-bond acceptors (Lipinski definition) is 2. The first kappa shape index (κ1) is 15.6. The monoisotopic (exact) mass is 319 g/mol. The third-order valence-electron chi connectivity index (χ3n) is 4.67. The van der Waals surface area contributed by atoms with Crippen molar-refractivity contribution in [1.82, 2.24) is 4.90 Å². The van der Waals surface area contributed by atoms with Crippen molar-refractivity contribution in [2.24, 2.45) is 5.92 Å². The predicted molar refractivity (Wildman–Crippen MR) is 87.8 cm³/mol. The molecule has 1 aromatic carbocycles. The Bertz CT molecular complexity index is 566. The average Bonchev–Trinajstić information content (AvgIpc) is 2.96. The van der Waals surface area contributed by atoms with Gasteiger partial charge in [0.25, 0.3) is 0 Å². The van der Waals surface area contributed by atoms with Gasteiger partial charge in [0.2, 0.25) is 5.91 Å². The van der Waals surface area contributed by atoms with E-state index in [0.717, 1.165) is 25.7 Å². The van der Waals surface area contributed by atoms with Crippen molar-refractivity contribution in [3.8, 4) is 0 Å². The second kappa shape index (κ2) is 6.84. The zero-order valence-electron chi connectivity index (χ0n) is 12.8. The van der Waals surface area contributed by atoms with Crippen LogP contribution in [0.1, 0.15) is 36.4 Å². The van der Waals surface area contributed by atoms with Crippen LogP contribution in [0.15, 0.2) is 35.9 Å². The molecule has 0 unspecified atom stereocenters. The molecule has 1 aliphatic heterocycles. The normalized spacial score (nSPS) is 21.4. The molecule has 1 atom stereocenters. The Morgan fingerprint density at radius 3 is 2.73 bits per heavy atom. The second-order valence-corrected chi connectivity index (χ2v) is 6.66. The lowest BCUT2D eigenvalue weighted by atomic mass is 9.96. The molecule has 22 heavy (non-hydrogen) atoms. The third-order valence-corrected chi connectivity index (χ3v) is 4.79. The van der Waals surface area contributed by atoms with Gasteiger partial charge >= 0.3 is 0 Å². The lowest BCUT2D eigenvalue weighted by Gasteiger charge is -2.34. The quantitative estimate of drug-likeness (QED) is 0.847. The minimum atomic E-state index is 0.0533. The highest BCUT2D eigenvalue weighted by Gasteiger charge is 2.34. The lowest BCUT2D eigenvalue weighted by Crippen LogP contribution is -2.41. The van der Waals surface area contributed by atoms with Gasteiger partial charge in [0.05, 0.1) is 12.6 Å². The highest BCUT2D eigenvalue weighted by atomic mass is 35.5. The Morgan fingerprint density at radius 2 is 2.00 bits per heavy atom. The van der Waals surface area contributed by atoms with Crippen molar-refractivity contribution < 1.29 is 9.53 Å². The molecule has 0 saturated carbocycles. The third kappa shape index (κ3) is 3.21. The number of aryl methyl sites for hydroxylation is 1. The minimum absolute atomic E-state index is 0.0533. The average molecular weight is 320 g/mol. The number of rotatable bonds is 4. The van der Waals surface area contributed by atoms with E-state index in [1.807, 2.05) is 11.0 Å². The number of carbonyl (C=O) groups excluding carboxylic acids is 1. The van der Waals surface area contributed by atoms with Crippen molar-refractivity contribution in [1.29, 1.82) is 0 Å². The molecule has 4 heteroatoms. The fraction of sp³-hybridized carbons (Fsp3) is 0.500. The summed E-state index contributed by atoms with van der Waals surface area (Å²) in [5.74, 6) is 0.254. The molecule has 3 rings (SSSR count). The van der Waals surface area contributed by atoms with Crippen molar-refractivity contribution in [3.63, 3.8) is 0 Å². The number of nitrogens with zero attached hydrogens (tertiary/aromatic N) is 1. The Morgan fingerprint density at radius 1 is 1.27 bits per heavy atom. The fourth-order valence-corrected chi connectivity index (χ4v) is 3.69. The summed E-state index contributed by atoms with van der Waals surface area (Å²) in [6, 6.07) is 8.52. The number of hydrogen-bond donors (Lipinski definition) is 0. The van der Waals surface area contributed by atoms with E-state index >= 15 is 0 Å². The SMILES string of the molecule is C=C(Cl)CN(C(=O)C1CCOCC1)[C@H]1CCc2ccccc21. The van der Waals surface area contributed by atoms with Crippen molar-refractivity contribution in [2.45, 2.75) is 31.7 Å². The highest BCUT2D eigenvalue weighted by Crippen LogP contribution is 2.37. The van der Waals surface area contributed by atoms with E-state index in [1.54, 1.807) is 0 Å². The molecule has 1 aliphatic carbocycles. The standard InChI is InChI=1S/C18H22ClNO2/c1-13(19)12-20(18(21)15-8-10-22-11-9-15)17-7-6-14-4-2-3-5-16(14)17/h2-5,15,17H,1,6-12H2/t17-/m0/s1. The van der Waals surface area contributed by atoms with Crippen LogP contribution < -0.4 is 0 Å². The number of halogens is 1. The molecule has 1 amide bonds. The number of fused-ring (bicyclic) bond motifs is 1. The van der Waals surface area contributed by atoms with Gasteiger partial charge in [-0.25, -0.2) is 0 Å². The molecule has 1 fully saturated rings. The summed E-state index contributed by atoms with van der Waals surface area (Å²) in [6.07, 6.45) is 3.60. The molecule has 0 bridgehead atoms. The van der Waals surface area contributed by atoms with Gasteiger partial charge in [0.1, 0.15) is 0 Å². The Balaban J connectivity index is 1.84. The highest BCUT2D eigenvalue weighted by molar-refractivity contribution is 6.29. The summed E-state index contributed by atoms with van der Waals surface area (Å²) in [5.41, 5.74) is 2.61. The van der Waals surface area contributed by atoms with E-state index in [-0.39, 0.29) is 17.9 Å². The van der Waals surface area contributed by atoms with Crippen molar-refractivity contribution in [2.75, 3.05) is 19.8 Å². The van der Waals surface area contributed by atoms with Crippen LogP contribution in [-0.4, -0.2) is 30.6 Å². The first-order valence-electron chi connectivity index (χ1n) is 7.96. The molecule has 0 spiro atoms. The molecule has 1 saturated heterocycles. The van der Waals surface area contributed by atoms with E-state index in [2.05, 4.69) is 24.8 Å². The first-order chi connectivity index (χ1) is 10.7. The summed E-state index contributed by atoms with van der Waals surface area (Å²) < 4.78 is 5.38. The molecular formula is C18H22ClNO2. The maximum absolute atomic E-state index is 13.0. The van der Waals surface area contributed by atoms with Gasteiger partial charge in [0.15, 0.2) is 0 Å². The lowest BCUT2D eigenvalue weighted by molar-refractivity contribution is -0.140. The van der Waals surface area contributed by atoms with Crippen LogP contribution in [0.4, 0.5) is 0 Å². The summed E-state index contributed by atoms with van der Waals surface area (Å²) in [5, 5.41) is 0.518. The summed E-state index contributed by atoms with van der Waals surface area (Å²) in [4.78, 5) is 14.9. The number of benzene rings is 1. The Hall–Kier alpha value is -1.32. The van der Waals surface area contributed by atoms with E-state index in [4.69, 9.17) is 16.3 Å². The van der Waals surface area contributed by atoms with Gasteiger partial charge in [-0.05, 0) is 36.8 Å². The largest absolute Gasteiger partial charge is 0.381 e. The van der Waals surface area contributed by atoms with Crippen LogP contribution in [0.25, 0.3) is 0 Å². The molecule has 0 radical (unpaired) electrons. The van der Waals surface area contributed by atoms with Crippen LogP contribution in [0.2, 0.25) is 0 Å². The molecule has 3 nitrogen and oxygen atoms in total. The smallest absolute Gasteiger partial charge is 0.226 e. The summed E-state index contributed by atoms with van der Waals surface area (Å²) >= 11 is 6.05. The molecule has 0 N–H and O–H groups in total. The second-order valence-electron chi connectivity index (χ2n) is 6.12. The Kier molecular flexibility index (Phi) is 4.84. The van der Waals surface area contributed by atoms with Gasteiger partial charge in [0, 0.05) is 24.2 Å². The van der Waals surface area contributed by atoms with E-state index in [0.29, 0.717) is 24.8 Å². The maximum atomic E-state index is 13.0. The van der Waals surface area contributed by atoms with Crippen LogP contribution in [0.3, 0.4) is 0 Å². The van der Waals surface area contributed by atoms with E-state index < -0.39 is 0 Å². The van der Waals surface area contributed by atoms with Crippen LogP contribution in [0.5, 0.6) is 0 Å². The van der Waals surface area contributed by atoms with Crippen molar-refractivity contribution in [3.05, 3.63) is 47.0 Å². The van der Waals surface area contributed by atoms with Crippen LogP contribution >= 0.6 is 11.6 Å². The van der Waals surface area contributed by atoms with Crippen molar-refractivity contribution >= 4 is 17.5 Å². The van der Waals surface area contributed by atoms with Gasteiger partial charge in [-0.1, -0.05) is 42.4 Å². The summed E-state index contributed by atoms with van der Waals surface area (Å²) in [7, 11) is 0. The van der Waals surface area contributed by atoms with Crippen LogP contribution in [-0.2, 0) is 16.0 Å². The molecule has 1 aromatic rings. The van der Waals surface area contributed by atoms with Gasteiger partial charge < -0.3 is 9.64 Å². The van der Waals surface area contributed by atoms with Gasteiger partial charge in [-0.3, -0.25) is 4.79 Å². The van der Waals surface area contributed by atoms with Gasteiger partial charge in [-0.15, -0.1) is 0 Å². The molecule has 2 aliphatic rings. The predicted octanol–water partition coefficient (Wildman–Crippen LogP) is 3.68. The van der Waals surface area contributed by atoms with Gasteiger partial charge in [-0.2, -0.15) is 0 Å². The van der Waals surface area contributed by atoms with Crippen LogP contribution in [0, 0.1) is 5.92 Å². The molecule has 118 valence electrons. The number of amides is 1. The fourth-order valence-electron chi connectivity index (χ4n) is 3.56. The van der Waals surface area contributed by atoms with E-state index in [1.165, 1.54) is 11.1 Å². The number of carbonyl (C=O) groups is 1. The maximum Gasteiger partial charge on any atom is 0.226 e. The topological polar surface area (TPSA) is 29.5 Å². The summed E-state index contributed by atoms with van der Waals surface area (Å²) in [6.45, 7) is 5.57. The zero-order valence-corrected chi connectivity index (χ0v) is 13.5. The Labute approximate surface area is 136 Å². The molecule has 0 aromatic heterocycles. The molecular weight excluding hydrogens is 298 g/mol. The zero-order chi connectivity index (χ0) is 15.5. The van der Waals surface area contributed by atoms with E-state index in [9.17, 15) is 4.79 Å². The molecule has 1 heterocycles. The number of ether oxygens (including phenoxy) is 1. The minimum Gasteiger partial charge on any atom is -0.381 e. The first-order valence-corrected chi connectivity index (χ1v) is 8.34.